The molecular formula is C24H51N2O5+. The summed E-state index contributed by atoms with van der Waals surface area (Å²) in [6.07, 6.45) is 23.0. The van der Waals surface area contributed by atoms with E-state index >= 15 is 0 Å². The second-order valence-electron chi connectivity index (χ2n) is 8.03. The highest BCUT2D eigenvalue weighted by molar-refractivity contribution is 5.65. The van der Waals surface area contributed by atoms with E-state index in [2.05, 4.69) is 6.92 Å². The van der Waals surface area contributed by atoms with Crippen LogP contribution in [0.3, 0.4) is 0 Å². The zero-order valence-electron chi connectivity index (χ0n) is 21.2. The van der Waals surface area contributed by atoms with Gasteiger partial charge in [-0.15, -0.1) is 0 Å². The molecule has 0 bridgehead atoms. The number of hydroxylamine groups is 2. The SMILES string of the molecule is CCCCCCCCCCCCCCCCCCCOC(N(OC)OC)=[N+](OC)OC. The minimum atomic E-state index is 0.200. The van der Waals surface area contributed by atoms with Crippen molar-refractivity contribution in [3.8, 4) is 0 Å². The molecule has 0 unspecified atom stereocenters. The minimum Gasteiger partial charge on any atom is -0.422 e. The monoisotopic (exact) mass is 447 g/mol. The lowest BCUT2D eigenvalue weighted by Gasteiger charge is -2.12. The fourth-order valence-corrected chi connectivity index (χ4v) is 3.62. The molecular weight excluding hydrogens is 396 g/mol. The summed E-state index contributed by atoms with van der Waals surface area (Å²) in [5.74, 6) is 0. The van der Waals surface area contributed by atoms with Gasteiger partial charge in [0.1, 0.15) is 14.2 Å². The van der Waals surface area contributed by atoms with Gasteiger partial charge in [-0.3, -0.25) is 0 Å². The Kier molecular flexibility index (Phi) is 22.5. The lowest BCUT2D eigenvalue weighted by molar-refractivity contribution is -0.965. The summed E-state index contributed by atoms with van der Waals surface area (Å²) in [5, 5.41) is 1.10. The third-order valence-electron chi connectivity index (χ3n) is 5.45. The van der Waals surface area contributed by atoms with E-state index in [1.165, 1.54) is 125 Å². The van der Waals surface area contributed by atoms with Crippen molar-refractivity contribution in [2.75, 3.05) is 35.0 Å². The molecule has 0 spiro atoms. The first-order valence-electron chi connectivity index (χ1n) is 12.5. The van der Waals surface area contributed by atoms with E-state index in [9.17, 15) is 0 Å². The predicted molar refractivity (Wildman–Crippen MR) is 125 cm³/mol. The molecule has 0 N–H and O–H groups in total. The summed E-state index contributed by atoms with van der Waals surface area (Å²) in [5.41, 5.74) is 0. The van der Waals surface area contributed by atoms with Crippen LogP contribution in [0.25, 0.3) is 0 Å². The molecule has 0 rings (SSSR count). The molecule has 0 aromatic rings. The Hall–Kier alpha value is -1.21. The highest BCUT2D eigenvalue weighted by atomic mass is 17.0. The Balaban J connectivity index is 3.54. The Morgan fingerprint density at radius 1 is 0.548 bits per heavy atom. The number of amidine groups is 1. The van der Waals surface area contributed by atoms with Gasteiger partial charge in [-0.1, -0.05) is 110 Å². The highest BCUT2D eigenvalue weighted by Crippen LogP contribution is 2.14. The van der Waals surface area contributed by atoms with Crippen molar-refractivity contribution in [3.05, 3.63) is 0 Å². The molecule has 0 amide bonds. The Labute approximate surface area is 191 Å². The summed E-state index contributed by atoms with van der Waals surface area (Å²) in [6.45, 7) is 2.82. The van der Waals surface area contributed by atoms with Gasteiger partial charge in [0.15, 0.2) is 4.90 Å². The van der Waals surface area contributed by atoms with E-state index in [0.717, 1.165) is 23.0 Å². The van der Waals surface area contributed by atoms with Gasteiger partial charge in [-0.2, -0.15) is 9.68 Å². The van der Waals surface area contributed by atoms with Crippen molar-refractivity contribution in [1.29, 1.82) is 0 Å². The van der Waals surface area contributed by atoms with Crippen LogP contribution in [0.15, 0.2) is 0 Å². The average Bonchev–Trinajstić information content (AvgIpc) is 2.79. The Morgan fingerprint density at radius 3 is 1.23 bits per heavy atom. The summed E-state index contributed by atoms with van der Waals surface area (Å²) < 4.78 is 5.72. The smallest absolute Gasteiger partial charge is 0.422 e. The summed E-state index contributed by atoms with van der Waals surface area (Å²) >= 11 is 0. The van der Waals surface area contributed by atoms with E-state index in [4.69, 9.17) is 24.1 Å². The number of nitrogens with zero attached hydrogens (tertiary/aromatic N) is 2. The molecule has 0 radical (unpaired) electrons. The Morgan fingerprint density at radius 2 is 0.903 bits per heavy atom. The maximum absolute atomic E-state index is 5.72. The van der Waals surface area contributed by atoms with Crippen LogP contribution in [-0.2, 0) is 24.1 Å². The second kappa shape index (κ2) is 23.5. The van der Waals surface area contributed by atoms with Gasteiger partial charge in [0.05, 0.1) is 26.1 Å². The normalized spacial score (nSPS) is 10.7. The topological polar surface area (TPSA) is 52.4 Å². The molecule has 0 saturated carbocycles. The third-order valence-corrected chi connectivity index (χ3v) is 5.45. The van der Waals surface area contributed by atoms with Gasteiger partial charge in [0, 0.05) is 0 Å². The lowest BCUT2D eigenvalue weighted by Crippen LogP contribution is -2.38. The summed E-state index contributed by atoms with van der Waals surface area (Å²) in [7, 11) is 5.91. The lowest BCUT2D eigenvalue weighted by atomic mass is 10.0. The minimum absolute atomic E-state index is 0.200. The van der Waals surface area contributed by atoms with Crippen molar-refractivity contribution < 1.29 is 29.0 Å². The van der Waals surface area contributed by atoms with Crippen LogP contribution in [0.5, 0.6) is 0 Å². The molecule has 0 atom stereocenters. The van der Waals surface area contributed by atoms with Gasteiger partial charge >= 0.3 is 6.02 Å². The van der Waals surface area contributed by atoms with E-state index in [1.54, 1.807) is 0 Å². The zero-order chi connectivity index (χ0) is 23.0. The van der Waals surface area contributed by atoms with E-state index < -0.39 is 0 Å². The highest BCUT2D eigenvalue weighted by Gasteiger charge is 2.31. The molecule has 31 heavy (non-hydrogen) atoms. The molecule has 0 aromatic carbocycles. The van der Waals surface area contributed by atoms with Crippen LogP contribution in [0, 0.1) is 0 Å². The molecule has 186 valence electrons. The molecule has 0 saturated heterocycles. The van der Waals surface area contributed by atoms with Gasteiger partial charge < -0.3 is 14.4 Å². The first kappa shape index (κ1) is 29.8. The van der Waals surface area contributed by atoms with Crippen LogP contribution in [0.4, 0.5) is 0 Å². The van der Waals surface area contributed by atoms with E-state index in [0.29, 0.717) is 6.61 Å². The first-order valence-corrected chi connectivity index (χ1v) is 12.5. The average molecular weight is 448 g/mol. The predicted octanol–water partition coefficient (Wildman–Crippen LogP) is 6.57. The number of hydrogen-bond donors (Lipinski definition) is 0. The second-order valence-corrected chi connectivity index (χ2v) is 8.03. The maximum atomic E-state index is 5.72. The van der Waals surface area contributed by atoms with Crippen LogP contribution in [0.1, 0.15) is 116 Å². The molecule has 0 aromatic heterocycles. The quantitative estimate of drug-likeness (QED) is 0.0809. The number of rotatable bonds is 22. The van der Waals surface area contributed by atoms with Gasteiger partial charge in [-0.05, 0) is 6.42 Å². The third kappa shape index (κ3) is 17.1. The number of unbranched alkanes of at least 4 members (excludes halogenated alkanes) is 16. The first-order chi connectivity index (χ1) is 15.2. The van der Waals surface area contributed by atoms with Crippen LogP contribution >= 0.6 is 0 Å². The summed E-state index contributed by atoms with van der Waals surface area (Å²) in [4.78, 5) is 21.4. The van der Waals surface area contributed by atoms with Crippen molar-refractivity contribution in [2.24, 2.45) is 0 Å². The molecule has 0 aliphatic carbocycles. The fraction of sp³-hybridized carbons (Fsp3) is 0.958. The molecule has 0 heterocycles. The van der Waals surface area contributed by atoms with Gasteiger partial charge in [-0.25, -0.2) is 0 Å². The van der Waals surface area contributed by atoms with Gasteiger partial charge in [0.2, 0.25) is 0 Å². The molecule has 7 nitrogen and oxygen atoms in total. The largest absolute Gasteiger partial charge is 0.593 e. The van der Waals surface area contributed by atoms with Crippen LogP contribution in [-0.4, -0.2) is 51.2 Å². The molecule has 0 fully saturated rings. The summed E-state index contributed by atoms with van der Waals surface area (Å²) in [6, 6.07) is 0.200. The van der Waals surface area contributed by atoms with Crippen LogP contribution < -0.4 is 0 Å². The van der Waals surface area contributed by atoms with Gasteiger partial charge in [0.25, 0.3) is 0 Å². The zero-order valence-corrected chi connectivity index (χ0v) is 21.2. The van der Waals surface area contributed by atoms with Crippen molar-refractivity contribution in [3.63, 3.8) is 0 Å². The van der Waals surface area contributed by atoms with Crippen molar-refractivity contribution in [1.82, 2.24) is 5.23 Å². The number of ether oxygens (including phenoxy) is 1. The van der Waals surface area contributed by atoms with E-state index in [1.807, 2.05) is 0 Å². The standard InChI is InChI=1S/C24H51N2O5/c1-6-7-8-9-10-11-12-13-14-15-16-17-18-19-20-21-22-23-31-24(25(27-2)28-3)26(29-4)30-5/h6-23H2,1-5H3/q+1. The van der Waals surface area contributed by atoms with E-state index in [-0.39, 0.29) is 6.02 Å². The van der Waals surface area contributed by atoms with Crippen molar-refractivity contribution in [2.45, 2.75) is 116 Å². The molecule has 7 heteroatoms. The van der Waals surface area contributed by atoms with Crippen LogP contribution in [0.2, 0.25) is 0 Å². The number of hydrogen-bond acceptors (Lipinski definition) is 5. The molecule has 0 aliphatic rings. The van der Waals surface area contributed by atoms with Crippen molar-refractivity contribution >= 4 is 6.02 Å². The fourth-order valence-electron chi connectivity index (χ4n) is 3.62. The molecule has 0 aliphatic heterocycles. The maximum Gasteiger partial charge on any atom is 0.593 e. The Bertz CT molecular complexity index is 397.